The minimum Gasteiger partial charge on any atom is -0.494 e. The van der Waals surface area contributed by atoms with Gasteiger partial charge in [0, 0.05) is 18.2 Å². The van der Waals surface area contributed by atoms with Crippen LogP contribution < -0.4 is 15.4 Å². The topological polar surface area (TPSA) is 50.4 Å². The first kappa shape index (κ1) is 15.2. The molecule has 5 heteroatoms. The molecule has 1 amide bonds. The van der Waals surface area contributed by atoms with Crippen molar-refractivity contribution in [2.45, 2.75) is 33.4 Å². The molecular weight excluding hydrogens is 272 g/mol. The van der Waals surface area contributed by atoms with E-state index < -0.39 is 0 Å². The Morgan fingerprint density at radius 3 is 2.90 bits per heavy atom. The highest BCUT2D eigenvalue weighted by Gasteiger charge is 2.22. The van der Waals surface area contributed by atoms with Crippen LogP contribution in [0.1, 0.15) is 23.6 Å². The van der Waals surface area contributed by atoms with Crippen LogP contribution in [0.15, 0.2) is 12.1 Å². The van der Waals surface area contributed by atoms with Gasteiger partial charge < -0.3 is 10.1 Å². The van der Waals surface area contributed by atoms with Gasteiger partial charge in [0.1, 0.15) is 5.75 Å². The van der Waals surface area contributed by atoms with E-state index in [9.17, 15) is 4.79 Å². The lowest BCUT2D eigenvalue weighted by molar-refractivity contribution is -0.122. The van der Waals surface area contributed by atoms with E-state index in [1.54, 1.807) is 11.8 Å². The molecule has 20 heavy (non-hydrogen) atoms. The van der Waals surface area contributed by atoms with Crippen LogP contribution in [0.25, 0.3) is 0 Å². The summed E-state index contributed by atoms with van der Waals surface area (Å²) in [7, 11) is 0. The second-order valence-electron chi connectivity index (χ2n) is 4.97. The maximum Gasteiger partial charge on any atom is 0.238 e. The zero-order valence-corrected chi connectivity index (χ0v) is 13.1. The Hall–Kier alpha value is -1.20. The maximum absolute atomic E-state index is 12.0. The van der Waals surface area contributed by atoms with Crippen molar-refractivity contribution in [1.29, 1.82) is 0 Å². The monoisotopic (exact) mass is 294 g/mol. The van der Waals surface area contributed by atoms with E-state index in [4.69, 9.17) is 4.74 Å². The molecule has 1 aromatic carbocycles. The summed E-state index contributed by atoms with van der Waals surface area (Å²) >= 11 is 1.76. The van der Waals surface area contributed by atoms with Gasteiger partial charge in [0.05, 0.1) is 12.6 Å². The molecule has 1 heterocycles. The molecule has 1 saturated heterocycles. The third-order valence-electron chi connectivity index (χ3n) is 3.42. The van der Waals surface area contributed by atoms with E-state index in [0.29, 0.717) is 13.2 Å². The van der Waals surface area contributed by atoms with Crippen molar-refractivity contribution >= 4 is 17.7 Å². The van der Waals surface area contributed by atoms with Crippen molar-refractivity contribution in [1.82, 2.24) is 10.6 Å². The number of ether oxygens (including phenoxy) is 1. The molecule has 1 atom stereocenters. The highest BCUT2D eigenvalue weighted by atomic mass is 32.2. The van der Waals surface area contributed by atoms with Crippen LogP contribution in [0.2, 0.25) is 0 Å². The number of benzene rings is 1. The van der Waals surface area contributed by atoms with Crippen molar-refractivity contribution in [2.75, 3.05) is 18.2 Å². The smallest absolute Gasteiger partial charge is 0.238 e. The van der Waals surface area contributed by atoms with Gasteiger partial charge in [0.2, 0.25) is 5.91 Å². The molecular formula is C15H22N2O2S. The Labute approximate surface area is 124 Å². The zero-order valence-electron chi connectivity index (χ0n) is 12.3. The summed E-state index contributed by atoms with van der Waals surface area (Å²) in [6, 6.07) is 4.09. The highest BCUT2D eigenvalue weighted by molar-refractivity contribution is 7.99. The molecule has 1 unspecified atom stereocenters. The molecule has 0 radical (unpaired) electrons. The largest absolute Gasteiger partial charge is 0.494 e. The fourth-order valence-corrected chi connectivity index (χ4v) is 3.16. The molecule has 2 rings (SSSR count). The lowest BCUT2D eigenvalue weighted by atomic mass is 10.0. The summed E-state index contributed by atoms with van der Waals surface area (Å²) in [5, 5.41) is 6.18. The molecule has 0 aliphatic carbocycles. The van der Waals surface area contributed by atoms with Gasteiger partial charge >= 0.3 is 0 Å². The lowest BCUT2D eigenvalue weighted by Crippen LogP contribution is -2.41. The predicted molar refractivity (Wildman–Crippen MR) is 83.2 cm³/mol. The zero-order chi connectivity index (χ0) is 14.5. The lowest BCUT2D eigenvalue weighted by Gasteiger charge is -2.14. The van der Waals surface area contributed by atoms with Crippen LogP contribution in [0.4, 0.5) is 0 Å². The maximum atomic E-state index is 12.0. The molecule has 1 aliphatic heterocycles. The number of thioether (sulfide) groups is 1. The van der Waals surface area contributed by atoms with Gasteiger partial charge in [0.15, 0.2) is 0 Å². The molecule has 1 aromatic rings. The van der Waals surface area contributed by atoms with Crippen LogP contribution in [0.3, 0.4) is 0 Å². The van der Waals surface area contributed by atoms with Crippen molar-refractivity contribution in [3.8, 4) is 5.75 Å². The molecule has 4 nitrogen and oxygen atoms in total. The van der Waals surface area contributed by atoms with Gasteiger partial charge in [-0.1, -0.05) is 6.07 Å². The summed E-state index contributed by atoms with van der Waals surface area (Å²) < 4.78 is 5.58. The number of nitrogens with one attached hydrogen (secondary N) is 2. The number of carbonyl (C=O) groups excluding carboxylic acids is 1. The van der Waals surface area contributed by atoms with Crippen molar-refractivity contribution < 1.29 is 9.53 Å². The quantitative estimate of drug-likeness (QED) is 0.872. The Balaban J connectivity index is 1.98. The molecule has 1 aliphatic rings. The fourth-order valence-electron chi connectivity index (χ4n) is 2.22. The van der Waals surface area contributed by atoms with E-state index in [1.807, 2.05) is 26.8 Å². The molecule has 0 aromatic heterocycles. The second kappa shape index (κ2) is 6.99. The number of hydrogen-bond acceptors (Lipinski definition) is 4. The minimum absolute atomic E-state index is 0.0518. The third kappa shape index (κ3) is 3.67. The SMILES string of the molecule is CCOc1cc(C)c(CNC(=O)C2CSCN2)cc1C. The van der Waals surface area contributed by atoms with Crippen LogP contribution in [-0.4, -0.2) is 30.2 Å². The van der Waals surface area contributed by atoms with E-state index >= 15 is 0 Å². The normalized spacial score (nSPS) is 18.1. The van der Waals surface area contributed by atoms with Gasteiger partial charge in [-0.25, -0.2) is 0 Å². The van der Waals surface area contributed by atoms with Gasteiger partial charge in [-0.15, -0.1) is 11.8 Å². The Morgan fingerprint density at radius 2 is 2.25 bits per heavy atom. The standard InChI is InChI=1S/C15H22N2O2S/c1-4-19-14-6-10(2)12(5-11(14)3)7-16-15(18)13-8-20-9-17-13/h5-6,13,17H,4,7-9H2,1-3H3,(H,16,18). The van der Waals surface area contributed by atoms with Crippen molar-refractivity contribution in [3.63, 3.8) is 0 Å². The third-order valence-corrected chi connectivity index (χ3v) is 4.36. The summed E-state index contributed by atoms with van der Waals surface area (Å²) in [6.07, 6.45) is 0. The van der Waals surface area contributed by atoms with Crippen molar-refractivity contribution in [3.05, 3.63) is 28.8 Å². The van der Waals surface area contributed by atoms with Gasteiger partial charge in [0.25, 0.3) is 0 Å². The molecule has 2 N–H and O–H groups in total. The molecule has 110 valence electrons. The summed E-state index contributed by atoms with van der Waals surface area (Å²) in [4.78, 5) is 12.0. The average molecular weight is 294 g/mol. The van der Waals surface area contributed by atoms with E-state index in [-0.39, 0.29) is 11.9 Å². The Morgan fingerprint density at radius 1 is 1.45 bits per heavy atom. The van der Waals surface area contributed by atoms with Crippen LogP contribution >= 0.6 is 11.8 Å². The van der Waals surface area contributed by atoms with Gasteiger partial charge in [-0.2, -0.15) is 0 Å². The molecule has 0 spiro atoms. The van der Waals surface area contributed by atoms with Crippen LogP contribution in [-0.2, 0) is 11.3 Å². The average Bonchev–Trinajstić information content (AvgIpc) is 2.95. The van der Waals surface area contributed by atoms with Gasteiger partial charge in [-0.3, -0.25) is 10.1 Å². The van der Waals surface area contributed by atoms with E-state index in [2.05, 4.69) is 16.7 Å². The molecule has 0 saturated carbocycles. The summed E-state index contributed by atoms with van der Waals surface area (Å²) in [5.74, 6) is 2.72. The first-order valence-corrected chi connectivity index (χ1v) is 8.09. The summed E-state index contributed by atoms with van der Waals surface area (Å²) in [6.45, 7) is 7.30. The van der Waals surface area contributed by atoms with Crippen LogP contribution in [0.5, 0.6) is 5.75 Å². The van der Waals surface area contributed by atoms with Gasteiger partial charge in [-0.05, 0) is 43.5 Å². The first-order chi connectivity index (χ1) is 9.61. The number of carbonyl (C=O) groups is 1. The Bertz CT molecular complexity index is 485. The minimum atomic E-state index is -0.0518. The highest BCUT2D eigenvalue weighted by Crippen LogP contribution is 2.23. The van der Waals surface area contributed by atoms with Crippen molar-refractivity contribution in [2.24, 2.45) is 0 Å². The summed E-state index contributed by atoms with van der Waals surface area (Å²) in [5.41, 5.74) is 3.40. The number of rotatable bonds is 5. The molecule has 1 fully saturated rings. The van der Waals surface area contributed by atoms with E-state index in [1.165, 1.54) is 0 Å². The predicted octanol–water partition coefficient (Wildman–Crippen LogP) is 1.98. The first-order valence-electron chi connectivity index (χ1n) is 6.93. The number of amides is 1. The molecule has 0 bridgehead atoms. The number of aryl methyl sites for hydroxylation is 2. The second-order valence-corrected chi connectivity index (χ2v) is 6.00. The Kier molecular flexibility index (Phi) is 5.31. The van der Waals surface area contributed by atoms with E-state index in [0.717, 1.165) is 34.1 Å². The number of hydrogen-bond donors (Lipinski definition) is 2. The fraction of sp³-hybridized carbons (Fsp3) is 0.533. The van der Waals surface area contributed by atoms with Crippen LogP contribution in [0, 0.1) is 13.8 Å².